The van der Waals surface area contributed by atoms with Crippen LogP contribution in [0.3, 0.4) is 0 Å². The van der Waals surface area contributed by atoms with E-state index in [0.29, 0.717) is 6.04 Å². The number of benzene rings is 1. The Balaban J connectivity index is 1.79. The van der Waals surface area contributed by atoms with E-state index in [1.54, 1.807) is 7.11 Å². The average Bonchev–Trinajstić information content (AvgIpc) is 2.62. The van der Waals surface area contributed by atoms with E-state index in [1.807, 2.05) is 12.1 Å². The van der Waals surface area contributed by atoms with Crippen LogP contribution in [0, 0.1) is 0 Å². The first-order chi connectivity index (χ1) is 8.78. The Morgan fingerprint density at radius 1 is 1.22 bits per heavy atom. The van der Waals surface area contributed by atoms with Crippen LogP contribution >= 0.6 is 0 Å². The molecule has 0 amide bonds. The molecular formula is C15H24N2O. The van der Waals surface area contributed by atoms with Crippen LogP contribution in [-0.2, 0) is 6.54 Å². The Hall–Kier alpha value is -1.06. The minimum atomic E-state index is 0.664. The average molecular weight is 248 g/mol. The molecule has 3 nitrogen and oxygen atoms in total. The van der Waals surface area contributed by atoms with Gasteiger partial charge >= 0.3 is 0 Å². The lowest BCUT2D eigenvalue weighted by atomic mass is 10.1. The van der Waals surface area contributed by atoms with Crippen LogP contribution in [0.4, 0.5) is 0 Å². The maximum Gasteiger partial charge on any atom is 0.118 e. The predicted octanol–water partition coefficient (Wildman–Crippen LogP) is 2.27. The molecule has 1 heterocycles. The fraction of sp³-hybridized carbons (Fsp3) is 0.600. The number of nitrogens with one attached hydrogen (secondary N) is 1. The first-order valence-corrected chi connectivity index (χ1v) is 6.83. The Morgan fingerprint density at radius 2 is 2.00 bits per heavy atom. The van der Waals surface area contributed by atoms with Gasteiger partial charge in [0, 0.05) is 12.6 Å². The number of methoxy groups -OCH3 is 1. The van der Waals surface area contributed by atoms with Crippen LogP contribution in [-0.4, -0.2) is 38.2 Å². The smallest absolute Gasteiger partial charge is 0.118 e. The van der Waals surface area contributed by atoms with Crippen LogP contribution in [0.2, 0.25) is 0 Å². The van der Waals surface area contributed by atoms with E-state index in [-0.39, 0.29) is 0 Å². The van der Waals surface area contributed by atoms with Crippen molar-refractivity contribution in [3.63, 3.8) is 0 Å². The summed E-state index contributed by atoms with van der Waals surface area (Å²) in [4.78, 5) is 2.43. The van der Waals surface area contributed by atoms with Gasteiger partial charge in [-0.15, -0.1) is 0 Å². The number of hydrogen-bond donors (Lipinski definition) is 1. The molecule has 1 aromatic carbocycles. The monoisotopic (exact) mass is 248 g/mol. The van der Waals surface area contributed by atoms with Gasteiger partial charge in [-0.3, -0.25) is 0 Å². The highest BCUT2D eigenvalue weighted by Crippen LogP contribution is 2.13. The van der Waals surface area contributed by atoms with Crippen molar-refractivity contribution < 1.29 is 4.74 Å². The van der Waals surface area contributed by atoms with E-state index in [9.17, 15) is 0 Å². The molecule has 0 spiro atoms. The first-order valence-electron chi connectivity index (χ1n) is 6.83. The molecule has 1 atom stereocenters. The summed E-state index contributed by atoms with van der Waals surface area (Å²) in [5, 5.41) is 3.67. The Bertz CT molecular complexity index is 350. The molecule has 2 rings (SSSR count). The third-order valence-corrected chi connectivity index (χ3v) is 3.71. The largest absolute Gasteiger partial charge is 0.497 e. The quantitative estimate of drug-likeness (QED) is 0.884. The summed E-state index contributed by atoms with van der Waals surface area (Å²) in [6.07, 6.45) is 3.85. The third-order valence-electron chi connectivity index (χ3n) is 3.71. The van der Waals surface area contributed by atoms with Gasteiger partial charge in [-0.05, 0) is 57.1 Å². The molecule has 100 valence electrons. The summed E-state index contributed by atoms with van der Waals surface area (Å²) in [6.45, 7) is 3.40. The van der Waals surface area contributed by atoms with Gasteiger partial charge in [-0.1, -0.05) is 12.1 Å². The molecule has 1 saturated heterocycles. The van der Waals surface area contributed by atoms with Crippen LogP contribution < -0.4 is 10.1 Å². The van der Waals surface area contributed by atoms with Crippen molar-refractivity contribution in [2.45, 2.75) is 31.8 Å². The van der Waals surface area contributed by atoms with Crippen molar-refractivity contribution in [1.29, 1.82) is 0 Å². The standard InChI is InChI=1S/C15H24N2O/c1-17-10-3-4-14(9-11-17)16-12-13-5-7-15(18-2)8-6-13/h5-8,14,16H,3-4,9-12H2,1-2H3. The van der Waals surface area contributed by atoms with Gasteiger partial charge in [0.1, 0.15) is 5.75 Å². The van der Waals surface area contributed by atoms with Crippen LogP contribution in [0.25, 0.3) is 0 Å². The zero-order valence-corrected chi connectivity index (χ0v) is 11.5. The van der Waals surface area contributed by atoms with E-state index < -0.39 is 0 Å². The molecule has 1 aliphatic heterocycles. The fourth-order valence-corrected chi connectivity index (χ4v) is 2.45. The van der Waals surface area contributed by atoms with Crippen molar-refractivity contribution in [2.75, 3.05) is 27.2 Å². The molecule has 3 heteroatoms. The van der Waals surface area contributed by atoms with E-state index >= 15 is 0 Å². The Kier molecular flexibility index (Phi) is 5.02. The van der Waals surface area contributed by atoms with Crippen LogP contribution in [0.1, 0.15) is 24.8 Å². The predicted molar refractivity (Wildman–Crippen MR) is 75.0 cm³/mol. The van der Waals surface area contributed by atoms with E-state index in [4.69, 9.17) is 4.74 Å². The first kappa shape index (κ1) is 13.4. The maximum absolute atomic E-state index is 5.17. The highest BCUT2D eigenvalue weighted by Gasteiger charge is 2.13. The number of ether oxygens (including phenoxy) is 1. The molecule has 1 aliphatic rings. The summed E-state index contributed by atoms with van der Waals surface area (Å²) < 4.78 is 5.17. The molecule has 0 aliphatic carbocycles. The summed E-state index contributed by atoms with van der Waals surface area (Å²) in [5.74, 6) is 0.926. The highest BCUT2D eigenvalue weighted by molar-refractivity contribution is 5.27. The van der Waals surface area contributed by atoms with Crippen molar-refractivity contribution >= 4 is 0 Å². The van der Waals surface area contributed by atoms with Crippen LogP contribution in [0.5, 0.6) is 5.75 Å². The summed E-state index contributed by atoms with van der Waals surface area (Å²) in [6, 6.07) is 8.98. The van der Waals surface area contributed by atoms with Crippen LogP contribution in [0.15, 0.2) is 24.3 Å². The minimum Gasteiger partial charge on any atom is -0.497 e. The summed E-state index contributed by atoms with van der Waals surface area (Å²) in [7, 11) is 3.92. The molecule has 0 bridgehead atoms. The van der Waals surface area contributed by atoms with Gasteiger partial charge in [0.05, 0.1) is 7.11 Å². The van der Waals surface area contributed by atoms with Crippen molar-refractivity contribution in [2.24, 2.45) is 0 Å². The Labute approximate surface area is 110 Å². The number of likely N-dealkylation sites (tertiary alicyclic amines) is 1. The molecular weight excluding hydrogens is 224 g/mol. The van der Waals surface area contributed by atoms with E-state index in [0.717, 1.165) is 12.3 Å². The van der Waals surface area contributed by atoms with E-state index in [2.05, 4.69) is 29.4 Å². The van der Waals surface area contributed by atoms with Crippen molar-refractivity contribution in [3.05, 3.63) is 29.8 Å². The van der Waals surface area contributed by atoms with E-state index in [1.165, 1.54) is 37.9 Å². The molecule has 18 heavy (non-hydrogen) atoms. The van der Waals surface area contributed by atoms with Gasteiger partial charge in [0.25, 0.3) is 0 Å². The van der Waals surface area contributed by atoms with Gasteiger partial charge < -0.3 is 15.0 Å². The summed E-state index contributed by atoms with van der Waals surface area (Å²) in [5.41, 5.74) is 1.33. The molecule has 0 radical (unpaired) electrons. The summed E-state index contributed by atoms with van der Waals surface area (Å²) >= 11 is 0. The van der Waals surface area contributed by atoms with Gasteiger partial charge in [0.2, 0.25) is 0 Å². The Morgan fingerprint density at radius 3 is 2.72 bits per heavy atom. The fourth-order valence-electron chi connectivity index (χ4n) is 2.45. The second-order valence-corrected chi connectivity index (χ2v) is 5.16. The van der Waals surface area contributed by atoms with Gasteiger partial charge in [0.15, 0.2) is 0 Å². The lowest BCUT2D eigenvalue weighted by molar-refractivity contribution is 0.343. The van der Waals surface area contributed by atoms with Gasteiger partial charge in [-0.2, -0.15) is 0 Å². The second-order valence-electron chi connectivity index (χ2n) is 5.16. The lowest BCUT2D eigenvalue weighted by Crippen LogP contribution is -2.29. The molecule has 1 unspecified atom stereocenters. The molecule has 1 N–H and O–H groups in total. The number of hydrogen-bond acceptors (Lipinski definition) is 3. The normalized spacial score (nSPS) is 21.6. The third kappa shape index (κ3) is 4.00. The molecule has 1 fully saturated rings. The lowest BCUT2D eigenvalue weighted by Gasteiger charge is -2.17. The van der Waals surface area contributed by atoms with Crippen molar-refractivity contribution in [1.82, 2.24) is 10.2 Å². The molecule has 1 aromatic rings. The topological polar surface area (TPSA) is 24.5 Å². The zero-order chi connectivity index (χ0) is 12.8. The molecule has 0 saturated carbocycles. The highest BCUT2D eigenvalue weighted by atomic mass is 16.5. The number of nitrogens with zero attached hydrogens (tertiary/aromatic N) is 1. The minimum absolute atomic E-state index is 0.664. The maximum atomic E-state index is 5.17. The number of rotatable bonds is 4. The molecule has 0 aromatic heterocycles. The SMILES string of the molecule is COc1ccc(CNC2CCCN(C)CC2)cc1. The second kappa shape index (κ2) is 6.76. The zero-order valence-electron chi connectivity index (χ0n) is 11.5. The van der Waals surface area contributed by atoms with Gasteiger partial charge in [-0.25, -0.2) is 0 Å². The van der Waals surface area contributed by atoms with Crippen molar-refractivity contribution in [3.8, 4) is 5.75 Å².